The quantitative estimate of drug-likeness (QED) is 0.198. The fourth-order valence-corrected chi connectivity index (χ4v) is 3.84. The van der Waals surface area contributed by atoms with Crippen molar-refractivity contribution in [3.8, 4) is 11.5 Å². The average molecular weight is 532 g/mol. The summed E-state index contributed by atoms with van der Waals surface area (Å²) in [6, 6.07) is 25.3. The molecule has 0 fully saturated rings. The molecule has 0 amide bonds. The van der Waals surface area contributed by atoms with Crippen LogP contribution in [-0.4, -0.2) is 15.9 Å². The summed E-state index contributed by atoms with van der Waals surface area (Å²) in [5.41, 5.74) is 2.74. The summed E-state index contributed by atoms with van der Waals surface area (Å²) in [4.78, 5) is 12.6. The number of ketones is 1. The molecule has 1 atom stereocenters. The molecule has 0 saturated carbocycles. The van der Waals surface area contributed by atoms with Gasteiger partial charge in [0.05, 0.1) is 4.83 Å². The summed E-state index contributed by atoms with van der Waals surface area (Å²) < 4.78 is 12.1. The van der Waals surface area contributed by atoms with Crippen LogP contribution in [0.2, 0.25) is 0 Å². The first-order valence-electron chi connectivity index (χ1n) is 9.89. The standard InChI is InChI=1S/C25H24Br2O3/c26-15-7-12-22(27)25(28)21-13-14-23(29-17-19-8-3-1-4-9-19)24(16-21)30-18-20-10-5-2-6-11-20/h1-6,8-11,13-14,16,22H,7,12,15,17-18H2. The van der Waals surface area contributed by atoms with Gasteiger partial charge in [-0.3, -0.25) is 4.79 Å². The summed E-state index contributed by atoms with van der Waals surface area (Å²) >= 11 is 6.93. The number of carbonyl (C=O) groups excluding carboxylic acids is 1. The van der Waals surface area contributed by atoms with Gasteiger partial charge < -0.3 is 9.47 Å². The monoisotopic (exact) mass is 530 g/mol. The molecule has 0 aliphatic rings. The molecular formula is C25H24Br2O3. The first kappa shape index (κ1) is 22.6. The van der Waals surface area contributed by atoms with E-state index in [0.717, 1.165) is 29.3 Å². The molecule has 30 heavy (non-hydrogen) atoms. The highest BCUT2D eigenvalue weighted by molar-refractivity contribution is 9.10. The molecular weight excluding hydrogens is 508 g/mol. The number of alkyl halides is 2. The Morgan fingerprint density at radius 3 is 1.93 bits per heavy atom. The smallest absolute Gasteiger partial charge is 0.176 e. The van der Waals surface area contributed by atoms with Gasteiger partial charge in [0, 0.05) is 10.9 Å². The number of carbonyl (C=O) groups is 1. The van der Waals surface area contributed by atoms with Crippen LogP contribution in [0.1, 0.15) is 34.3 Å². The second-order valence-electron chi connectivity index (χ2n) is 6.87. The Morgan fingerprint density at radius 1 is 0.800 bits per heavy atom. The molecule has 0 saturated heterocycles. The summed E-state index contributed by atoms with van der Waals surface area (Å²) in [5.74, 6) is 1.24. The lowest BCUT2D eigenvalue weighted by molar-refractivity contribution is 0.0988. The molecule has 3 nitrogen and oxygen atoms in total. The third-order valence-corrected chi connectivity index (χ3v) is 6.01. The molecule has 0 N–H and O–H groups in total. The van der Waals surface area contributed by atoms with Crippen LogP contribution in [0.3, 0.4) is 0 Å². The van der Waals surface area contributed by atoms with Gasteiger partial charge in [0.2, 0.25) is 0 Å². The SMILES string of the molecule is O=C(c1ccc(OCc2ccccc2)c(OCc2ccccc2)c1)C(Br)CCCBr. The first-order chi connectivity index (χ1) is 14.7. The summed E-state index contributed by atoms with van der Waals surface area (Å²) in [5, 5.41) is 0.875. The minimum atomic E-state index is -0.215. The molecule has 0 aromatic heterocycles. The Morgan fingerprint density at radius 2 is 1.37 bits per heavy atom. The lowest BCUT2D eigenvalue weighted by Gasteiger charge is -2.15. The van der Waals surface area contributed by atoms with Gasteiger partial charge in [-0.25, -0.2) is 0 Å². The number of halogens is 2. The summed E-state index contributed by atoms with van der Waals surface area (Å²) in [6.07, 6.45) is 1.70. The van der Waals surface area contributed by atoms with E-state index in [9.17, 15) is 4.79 Å². The van der Waals surface area contributed by atoms with Gasteiger partial charge in [0.15, 0.2) is 17.3 Å². The molecule has 0 aliphatic heterocycles. The predicted molar refractivity (Wildman–Crippen MR) is 128 cm³/mol. The maximum Gasteiger partial charge on any atom is 0.176 e. The van der Waals surface area contributed by atoms with Gasteiger partial charge in [-0.15, -0.1) is 0 Å². The first-order valence-corrected chi connectivity index (χ1v) is 11.9. The third kappa shape index (κ3) is 6.71. The number of hydrogen-bond donors (Lipinski definition) is 0. The van der Waals surface area contributed by atoms with E-state index in [1.165, 1.54) is 0 Å². The van der Waals surface area contributed by atoms with Crippen molar-refractivity contribution < 1.29 is 14.3 Å². The molecule has 1 unspecified atom stereocenters. The van der Waals surface area contributed by atoms with Crippen LogP contribution in [0.15, 0.2) is 78.9 Å². The van der Waals surface area contributed by atoms with Crippen LogP contribution >= 0.6 is 31.9 Å². The van der Waals surface area contributed by atoms with Crippen LogP contribution in [0.4, 0.5) is 0 Å². The molecule has 3 aromatic carbocycles. The Balaban J connectivity index is 1.78. The molecule has 5 heteroatoms. The van der Waals surface area contributed by atoms with Crippen LogP contribution in [-0.2, 0) is 13.2 Å². The molecule has 0 aliphatic carbocycles. The second-order valence-corrected chi connectivity index (χ2v) is 8.77. The van der Waals surface area contributed by atoms with E-state index >= 15 is 0 Å². The maximum absolute atomic E-state index is 12.8. The number of ether oxygens (including phenoxy) is 2. The van der Waals surface area contributed by atoms with Crippen LogP contribution in [0.25, 0.3) is 0 Å². The summed E-state index contributed by atoms with van der Waals surface area (Å²) in [7, 11) is 0. The minimum Gasteiger partial charge on any atom is -0.485 e. The Hall–Kier alpha value is -2.11. The zero-order chi connectivity index (χ0) is 21.2. The van der Waals surface area contributed by atoms with Gasteiger partial charge in [0.1, 0.15) is 13.2 Å². The van der Waals surface area contributed by atoms with E-state index in [0.29, 0.717) is 30.3 Å². The molecule has 0 bridgehead atoms. The largest absolute Gasteiger partial charge is 0.485 e. The number of hydrogen-bond acceptors (Lipinski definition) is 3. The fourth-order valence-electron chi connectivity index (χ4n) is 2.93. The van der Waals surface area contributed by atoms with Gasteiger partial charge >= 0.3 is 0 Å². The molecule has 3 rings (SSSR count). The molecule has 0 heterocycles. The van der Waals surface area contributed by atoms with E-state index in [1.54, 1.807) is 12.1 Å². The Bertz CT molecular complexity index is 930. The topological polar surface area (TPSA) is 35.5 Å². The van der Waals surface area contributed by atoms with E-state index in [4.69, 9.17) is 9.47 Å². The zero-order valence-corrected chi connectivity index (χ0v) is 19.8. The highest BCUT2D eigenvalue weighted by atomic mass is 79.9. The highest BCUT2D eigenvalue weighted by Crippen LogP contribution is 2.31. The van der Waals surface area contributed by atoms with Crippen molar-refractivity contribution in [2.75, 3.05) is 5.33 Å². The second kappa shape index (κ2) is 11.9. The van der Waals surface area contributed by atoms with E-state index in [1.807, 2.05) is 66.7 Å². The lowest BCUT2D eigenvalue weighted by Crippen LogP contribution is -2.14. The van der Waals surface area contributed by atoms with Gasteiger partial charge in [0.25, 0.3) is 0 Å². The van der Waals surface area contributed by atoms with Crippen LogP contribution < -0.4 is 9.47 Å². The van der Waals surface area contributed by atoms with Crippen molar-refractivity contribution in [2.45, 2.75) is 30.9 Å². The van der Waals surface area contributed by atoms with E-state index in [-0.39, 0.29) is 10.6 Å². The highest BCUT2D eigenvalue weighted by Gasteiger charge is 2.19. The Labute approximate surface area is 194 Å². The number of rotatable bonds is 11. The number of benzene rings is 3. The van der Waals surface area contributed by atoms with Gasteiger partial charge in [-0.1, -0.05) is 92.5 Å². The van der Waals surface area contributed by atoms with Crippen molar-refractivity contribution in [3.05, 3.63) is 95.6 Å². The van der Waals surface area contributed by atoms with Crippen molar-refractivity contribution in [3.63, 3.8) is 0 Å². The molecule has 0 spiro atoms. The van der Waals surface area contributed by atoms with E-state index in [2.05, 4.69) is 31.9 Å². The molecule has 156 valence electrons. The molecule has 3 aromatic rings. The summed E-state index contributed by atoms with van der Waals surface area (Å²) in [6.45, 7) is 0.837. The van der Waals surface area contributed by atoms with Gasteiger partial charge in [-0.05, 0) is 42.2 Å². The molecule has 0 radical (unpaired) electrons. The van der Waals surface area contributed by atoms with Crippen molar-refractivity contribution >= 4 is 37.6 Å². The van der Waals surface area contributed by atoms with Gasteiger partial charge in [-0.2, -0.15) is 0 Å². The third-order valence-electron chi connectivity index (χ3n) is 4.58. The zero-order valence-electron chi connectivity index (χ0n) is 16.6. The lowest BCUT2D eigenvalue weighted by atomic mass is 10.0. The Kier molecular flexibility index (Phi) is 8.97. The normalized spacial score (nSPS) is 11.7. The van der Waals surface area contributed by atoms with E-state index < -0.39 is 0 Å². The average Bonchev–Trinajstić information content (AvgIpc) is 2.81. The maximum atomic E-state index is 12.8. The van der Waals surface area contributed by atoms with Crippen molar-refractivity contribution in [1.82, 2.24) is 0 Å². The predicted octanol–water partition coefficient (Wildman–Crippen LogP) is 6.97. The fraction of sp³-hybridized carbons (Fsp3) is 0.240. The van der Waals surface area contributed by atoms with Crippen molar-refractivity contribution in [1.29, 1.82) is 0 Å². The van der Waals surface area contributed by atoms with Crippen molar-refractivity contribution in [2.24, 2.45) is 0 Å². The van der Waals surface area contributed by atoms with Crippen LogP contribution in [0.5, 0.6) is 11.5 Å². The number of Topliss-reactive ketones (excluding diaryl/α,β-unsaturated/α-hetero) is 1. The minimum absolute atomic E-state index is 0.0510. The van der Waals surface area contributed by atoms with Crippen LogP contribution in [0, 0.1) is 0 Å².